The summed E-state index contributed by atoms with van der Waals surface area (Å²) in [4.78, 5) is 10.7. The maximum Gasteiger partial charge on any atom is 0.335 e. The van der Waals surface area contributed by atoms with Gasteiger partial charge in [-0.2, -0.15) is 0 Å². The van der Waals surface area contributed by atoms with Crippen molar-refractivity contribution in [3.63, 3.8) is 0 Å². The predicted octanol–water partition coefficient (Wildman–Crippen LogP) is 1.27. The minimum absolute atomic E-state index is 0.00736. The first kappa shape index (κ1) is 17.6. The second-order valence-corrected chi connectivity index (χ2v) is 6.81. The van der Waals surface area contributed by atoms with Gasteiger partial charge in [0, 0.05) is 6.54 Å². The average Bonchev–Trinajstić information content (AvgIpc) is 2.38. The van der Waals surface area contributed by atoms with Gasteiger partial charge < -0.3 is 9.84 Å². The van der Waals surface area contributed by atoms with Crippen LogP contribution < -0.4 is 4.72 Å². The molecule has 118 valence electrons. The Morgan fingerprint density at radius 1 is 1.29 bits per heavy atom. The second-order valence-electron chi connectivity index (χ2n) is 4.88. The summed E-state index contributed by atoms with van der Waals surface area (Å²) >= 11 is 0. The van der Waals surface area contributed by atoms with Gasteiger partial charge in [-0.05, 0) is 38.0 Å². The lowest BCUT2D eigenvalue weighted by atomic mass is 10.1. The van der Waals surface area contributed by atoms with Crippen molar-refractivity contribution in [2.45, 2.75) is 26.4 Å². The summed E-state index contributed by atoms with van der Waals surface area (Å²) < 4.78 is 31.1. The molecular formula is C14H21NO5S. The van der Waals surface area contributed by atoms with E-state index >= 15 is 0 Å². The highest BCUT2D eigenvalue weighted by Crippen LogP contribution is 2.05. The zero-order valence-electron chi connectivity index (χ0n) is 12.2. The molecule has 0 aromatic heterocycles. The Morgan fingerprint density at radius 2 is 1.90 bits per heavy atom. The van der Waals surface area contributed by atoms with Crippen molar-refractivity contribution >= 4 is 16.0 Å². The van der Waals surface area contributed by atoms with Gasteiger partial charge in [0.25, 0.3) is 0 Å². The molecule has 0 spiro atoms. The summed E-state index contributed by atoms with van der Waals surface area (Å²) in [5, 5.41) is 8.78. The monoisotopic (exact) mass is 315 g/mol. The molecular weight excluding hydrogens is 294 g/mol. The Bertz CT molecular complexity index is 551. The number of benzene rings is 1. The molecule has 0 aliphatic carbocycles. The van der Waals surface area contributed by atoms with E-state index in [2.05, 4.69) is 4.72 Å². The minimum Gasteiger partial charge on any atom is -0.478 e. The predicted molar refractivity (Wildman–Crippen MR) is 80.0 cm³/mol. The Hall–Kier alpha value is -1.44. The lowest BCUT2D eigenvalue weighted by Gasteiger charge is -2.09. The van der Waals surface area contributed by atoms with Crippen molar-refractivity contribution in [3.05, 3.63) is 35.4 Å². The Kier molecular flexibility index (Phi) is 6.80. The first-order valence-corrected chi connectivity index (χ1v) is 8.36. The van der Waals surface area contributed by atoms with Gasteiger partial charge in [-0.15, -0.1) is 0 Å². The third-order valence-electron chi connectivity index (χ3n) is 2.74. The van der Waals surface area contributed by atoms with Crippen LogP contribution in [0.4, 0.5) is 0 Å². The fourth-order valence-corrected chi connectivity index (χ4v) is 2.50. The number of sulfonamides is 1. The van der Waals surface area contributed by atoms with Crippen LogP contribution in [0.2, 0.25) is 0 Å². The molecule has 0 saturated carbocycles. The second kappa shape index (κ2) is 8.11. The summed E-state index contributed by atoms with van der Waals surface area (Å²) in [6, 6.07) is 6.37. The van der Waals surface area contributed by atoms with Gasteiger partial charge in [0.15, 0.2) is 0 Å². The molecule has 0 atom stereocenters. The molecule has 0 unspecified atom stereocenters. The van der Waals surface area contributed by atoms with E-state index in [9.17, 15) is 13.2 Å². The molecule has 1 rings (SSSR count). The Morgan fingerprint density at radius 3 is 2.43 bits per heavy atom. The number of hydrogen-bond donors (Lipinski definition) is 2. The van der Waals surface area contributed by atoms with Crippen molar-refractivity contribution in [2.24, 2.45) is 0 Å². The van der Waals surface area contributed by atoms with Crippen LogP contribution in [0.15, 0.2) is 24.3 Å². The van der Waals surface area contributed by atoms with Crippen LogP contribution in [0.3, 0.4) is 0 Å². The molecule has 7 heteroatoms. The van der Waals surface area contributed by atoms with Gasteiger partial charge >= 0.3 is 5.97 Å². The maximum atomic E-state index is 11.7. The van der Waals surface area contributed by atoms with E-state index < -0.39 is 16.0 Å². The summed E-state index contributed by atoms with van der Waals surface area (Å²) in [6.45, 7) is 4.14. The van der Waals surface area contributed by atoms with E-state index in [1.54, 1.807) is 12.1 Å². The molecule has 1 aromatic carbocycles. The number of carbonyl (C=O) groups is 1. The molecule has 0 fully saturated rings. The molecule has 0 aliphatic heterocycles. The quantitative estimate of drug-likeness (QED) is 0.716. The summed E-state index contributed by atoms with van der Waals surface area (Å²) in [7, 11) is -3.34. The van der Waals surface area contributed by atoms with Crippen LogP contribution in [-0.2, 0) is 21.2 Å². The topological polar surface area (TPSA) is 92.7 Å². The van der Waals surface area contributed by atoms with Crippen molar-refractivity contribution in [1.29, 1.82) is 0 Å². The lowest BCUT2D eigenvalue weighted by molar-refractivity contribution is 0.0696. The Balaban J connectivity index is 2.36. The number of carboxylic acid groups (broad SMARTS) is 1. The molecule has 6 nitrogen and oxygen atoms in total. The van der Waals surface area contributed by atoms with Crippen molar-refractivity contribution in [2.75, 3.05) is 18.9 Å². The molecule has 0 heterocycles. The van der Waals surface area contributed by atoms with Crippen LogP contribution in [0.5, 0.6) is 0 Å². The standard InChI is InChI=1S/C14H21NO5S/c1-11(2)20-9-10-21(18,19)15-8-7-12-3-5-13(6-4-12)14(16)17/h3-6,11,15H,7-10H2,1-2H3,(H,16,17). The van der Waals surface area contributed by atoms with E-state index in [0.717, 1.165) is 5.56 Å². The average molecular weight is 315 g/mol. The van der Waals surface area contributed by atoms with Crippen molar-refractivity contribution in [1.82, 2.24) is 4.72 Å². The zero-order valence-corrected chi connectivity index (χ0v) is 13.0. The van der Waals surface area contributed by atoms with Crippen LogP contribution >= 0.6 is 0 Å². The molecule has 1 aromatic rings. The highest BCUT2D eigenvalue weighted by molar-refractivity contribution is 7.89. The molecule has 0 radical (unpaired) electrons. The molecule has 0 aliphatic rings. The van der Waals surface area contributed by atoms with Crippen LogP contribution in [-0.4, -0.2) is 44.5 Å². The molecule has 2 N–H and O–H groups in total. The van der Waals surface area contributed by atoms with E-state index in [4.69, 9.17) is 9.84 Å². The molecule has 21 heavy (non-hydrogen) atoms. The smallest absolute Gasteiger partial charge is 0.335 e. The van der Waals surface area contributed by atoms with Gasteiger partial charge in [0.1, 0.15) is 0 Å². The van der Waals surface area contributed by atoms with Gasteiger partial charge in [0.2, 0.25) is 10.0 Å². The van der Waals surface area contributed by atoms with Crippen LogP contribution in [0, 0.1) is 0 Å². The highest BCUT2D eigenvalue weighted by atomic mass is 32.2. The lowest BCUT2D eigenvalue weighted by Crippen LogP contribution is -2.30. The molecule has 0 amide bonds. The summed E-state index contributed by atoms with van der Waals surface area (Å²) in [6.07, 6.45) is 0.511. The van der Waals surface area contributed by atoms with Crippen molar-refractivity contribution < 1.29 is 23.1 Å². The highest BCUT2D eigenvalue weighted by Gasteiger charge is 2.10. The van der Waals surface area contributed by atoms with Crippen LogP contribution in [0.1, 0.15) is 29.8 Å². The zero-order chi connectivity index (χ0) is 15.9. The van der Waals surface area contributed by atoms with Gasteiger partial charge in [-0.25, -0.2) is 17.9 Å². The van der Waals surface area contributed by atoms with E-state index in [-0.39, 0.29) is 30.6 Å². The first-order valence-electron chi connectivity index (χ1n) is 6.71. The van der Waals surface area contributed by atoms with Crippen molar-refractivity contribution in [3.8, 4) is 0 Å². The van der Waals surface area contributed by atoms with E-state index in [1.165, 1.54) is 12.1 Å². The van der Waals surface area contributed by atoms with Gasteiger partial charge in [-0.1, -0.05) is 12.1 Å². The van der Waals surface area contributed by atoms with E-state index in [0.29, 0.717) is 6.42 Å². The number of rotatable bonds is 9. The fourth-order valence-electron chi connectivity index (χ4n) is 1.63. The molecule has 0 bridgehead atoms. The molecule has 0 saturated heterocycles. The normalized spacial score (nSPS) is 11.8. The first-order chi connectivity index (χ1) is 9.80. The number of aromatic carboxylic acids is 1. The third-order valence-corrected chi connectivity index (χ3v) is 4.09. The van der Waals surface area contributed by atoms with Gasteiger partial charge in [0.05, 0.1) is 24.0 Å². The minimum atomic E-state index is -3.34. The SMILES string of the molecule is CC(C)OCCS(=O)(=O)NCCc1ccc(C(=O)O)cc1. The van der Waals surface area contributed by atoms with E-state index in [1.807, 2.05) is 13.8 Å². The number of hydrogen-bond acceptors (Lipinski definition) is 4. The fraction of sp³-hybridized carbons (Fsp3) is 0.500. The van der Waals surface area contributed by atoms with Crippen LogP contribution in [0.25, 0.3) is 0 Å². The Labute approximate surface area is 125 Å². The number of ether oxygens (including phenoxy) is 1. The third kappa shape index (κ3) is 7.22. The largest absolute Gasteiger partial charge is 0.478 e. The summed E-state index contributed by atoms with van der Waals surface area (Å²) in [5.74, 6) is -1.05. The van der Waals surface area contributed by atoms with Gasteiger partial charge in [-0.3, -0.25) is 0 Å². The maximum absolute atomic E-state index is 11.7. The summed E-state index contributed by atoms with van der Waals surface area (Å²) in [5.41, 5.74) is 1.09. The number of carboxylic acids is 1. The number of nitrogens with one attached hydrogen (secondary N) is 1.